The maximum atomic E-state index is 13.1. The summed E-state index contributed by atoms with van der Waals surface area (Å²) in [5.41, 5.74) is 5.92. The monoisotopic (exact) mass is 447 g/mol. The van der Waals surface area contributed by atoms with Gasteiger partial charge in [-0.3, -0.25) is 9.52 Å². The van der Waals surface area contributed by atoms with Crippen molar-refractivity contribution in [3.8, 4) is 0 Å². The van der Waals surface area contributed by atoms with Crippen LogP contribution in [-0.2, 0) is 14.8 Å². The predicted octanol–water partition coefficient (Wildman–Crippen LogP) is 4.43. The van der Waals surface area contributed by atoms with Gasteiger partial charge in [-0.15, -0.1) is 0 Å². The summed E-state index contributed by atoms with van der Waals surface area (Å²) < 4.78 is 26.7. The number of rotatable bonds is 6. The van der Waals surface area contributed by atoms with Gasteiger partial charge in [-0.25, -0.2) is 8.42 Å². The Morgan fingerprint density at radius 2 is 1.59 bits per heavy atom. The average Bonchev–Trinajstić information content (AvgIpc) is 3.10. The van der Waals surface area contributed by atoms with Gasteiger partial charge in [-0.2, -0.15) is 0 Å². The molecule has 0 atom stereocenters. The Labute approximate surface area is 188 Å². The van der Waals surface area contributed by atoms with Crippen LogP contribution in [0.5, 0.6) is 0 Å². The van der Waals surface area contributed by atoms with Crippen LogP contribution in [0.15, 0.2) is 72.8 Å². The Kier molecular flexibility index (Phi) is 5.76. The number of hydrogen-bond donors (Lipinski definition) is 2. The second kappa shape index (κ2) is 8.51. The van der Waals surface area contributed by atoms with Crippen LogP contribution >= 0.6 is 0 Å². The molecule has 1 amide bonds. The molecule has 0 saturated carbocycles. The minimum absolute atomic E-state index is 0.0303. The molecule has 32 heavy (non-hydrogen) atoms. The summed E-state index contributed by atoms with van der Waals surface area (Å²) in [6, 6.07) is 22.9. The molecule has 6 nitrogen and oxygen atoms in total. The molecule has 4 rings (SSSR count). The normalized spacial score (nSPS) is 14.5. The van der Waals surface area contributed by atoms with Gasteiger partial charge in [0.2, 0.25) is 10.0 Å². The van der Waals surface area contributed by atoms with E-state index in [4.69, 9.17) is 0 Å². The molecule has 0 saturated heterocycles. The Morgan fingerprint density at radius 1 is 0.938 bits per heavy atom. The number of sulfonamides is 1. The first-order chi connectivity index (χ1) is 15.3. The highest BCUT2D eigenvalue weighted by Gasteiger charge is 2.29. The molecular weight excluding hydrogens is 422 g/mol. The second-order valence-corrected chi connectivity index (χ2v) is 9.79. The fourth-order valence-electron chi connectivity index (χ4n) is 3.72. The molecule has 2 N–H and O–H groups in total. The molecule has 0 aliphatic carbocycles. The summed E-state index contributed by atoms with van der Waals surface area (Å²) in [6.07, 6.45) is 0. The Balaban J connectivity index is 1.93. The number of amides is 1. The van der Waals surface area contributed by atoms with E-state index < -0.39 is 10.0 Å². The molecule has 0 fully saturated rings. The number of nitrogens with one attached hydrogen (secondary N) is 2. The van der Waals surface area contributed by atoms with Gasteiger partial charge >= 0.3 is 0 Å². The summed E-state index contributed by atoms with van der Waals surface area (Å²) in [5.74, 6) is -0.247. The molecule has 1 heterocycles. The van der Waals surface area contributed by atoms with Crippen LogP contribution < -0.4 is 14.9 Å². The van der Waals surface area contributed by atoms with Crippen LogP contribution in [0, 0.1) is 0 Å². The first kappa shape index (κ1) is 21.6. The third-order valence-electron chi connectivity index (χ3n) is 5.40. The molecule has 0 radical (unpaired) electrons. The van der Waals surface area contributed by atoms with Crippen LogP contribution in [0.2, 0.25) is 0 Å². The Hall–Kier alpha value is -3.58. The van der Waals surface area contributed by atoms with Gasteiger partial charge in [0.1, 0.15) is 0 Å². The van der Waals surface area contributed by atoms with Crippen LogP contribution in [0.4, 0.5) is 17.1 Å². The van der Waals surface area contributed by atoms with Crippen molar-refractivity contribution in [1.82, 2.24) is 0 Å². The van der Waals surface area contributed by atoms with E-state index in [9.17, 15) is 13.2 Å². The van der Waals surface area contributed by atoms with Gasteiger partial charge in [0, 0.05) is 42.3 Å². The highest BCUT2D eigenvalue weighted by atomic mass is 32.2. The molecule has 0 bridgehead atoms. The van der Waals surface area contributed by atoms with Gasteiger partial charge in [-0.1, -0.05) is 42.5 Å². The standard InChI is InChI=1S/C25H25N3O3S/c1-4-32(30,31)27-19-12-15-22-21(16-19)24(25(29)26-22)23(17-8-6-5-7-9-17)18-10-13-20(14-11-18)28(2)3/h5-16,27H,4H2,1-3H3,(H,26,29)/b24-23+. The van der Waals surface area contributed by atoms with Crippen molar-refractivity contribution in [2.45, 2.75) is 6.92 Å². The average molecular weight is 448 g/mol. The topological polar surface area (TPSA) is 78.5 Å². The van der Waals surface area contributed by atoms with Crippen LogP contribution in [0.25, 0.3) is 11.1 Å². The predicted molar refractivity (Wildman–Crippen MR) is 131 cm³/mol. The zero-order valence-corrected chi connectivity index (χ0v) is 19.0. The summed E-state index contributed by atoms with van der Waals surface area (Å²) in [5, 5.41) is 2.92. The minimum atomic E-state index is -3.43. The smallest absolute Gasteiger partial charge is 0.257 e. The molecule has 3 aromatic rings. The van der Waals surface area contributed by atoms with Crippen molar-refractivity contribution in [2.75, 3.05) is 34.8 Å². The molecule has 1 aliphatic rings. The highest BCUT2D eigenvalue weighted by Crippen LogP contribution is 2.41. The van der Waals surface area contributed by atoms with E-state index in [1.165, 1.54) is 0 Å². The van der Waals surface area contributed by atoms with Crippen molar-refractivity contribution in [1.29, 1.82) is 0 Å². The van der Waals surface area contributed by atoms with Crippen molar-refractivity contribution in [3.63, 3.8) is 0 Å². The lowest BCUT2D eigenvalue weighted by Gasteiger charge is -2.16. The van der Waals surface area contributed by atoms with Gasteiger partial charge in [0.05, 0.1) is 11.3 Å². The van der Waals surface area contributed by atoms with Crippen molar-refractivity contribution >= 4 is 44.1 Å². The van der Waals surface area contributed by atoms with E-state index in [1.807, 2.05) is 73.6 Å². The van der Waals surface area contributed by atoms with E-state index >= 15 is 0 Å². The Bertz CT molecular complexity index is 1300. The summed E-state index contributed by atoms with van der Waals surface area (Å²) in [7, 11) is 0.520. The van der Waals surface area contributed by atoms with Gasteiger partial charge < -0.3 is 10.2 Å². The first-order valence-electron chi connectivity index (χ1n) is 10.3. The van der Waals surface area contributed by atoms with Crippen molar-refractivity contribution in [3.05, 3.63) is 89.5 Å². The van der Waals surface area contributed by atoms with E-state index in [0.29, 0.717) is 22.5 Å². The molecule has 0 aromatic heterocycles. The van der Waals surface area contributed by atoms with Crippen LogP contribution in [0.3, 0.4) is 0 Å². The van der Waals surface area contributed by atoms with Gasteiger partial charge in [-0.05, 0) is 48.4 Å². The third-order valence-corrected chi connectivity index (χ3v) is 6.71. The second-order valence-electron chi connectivity index (χ2n) is 7.78. The van der Waals surface area contributed by atoms with Crippen LogP contribution in [-0.4, -0.2) is 34.2 Å². The molecule has 0 unspecified atom stereocenters. The molecule has 3 aromatic carbocycles. The number of nitrogens with zero attached hydrogens (tertiary/aromatic N) is 1. The van der Waals surface area contributed by atoms with Gasteiger partial charge in [0.15, 0.2) is 0 Å². The zero-order valence-electron chi connectivity index (χ0n) is 18.2. The minimum Gasteiger partial charge on any atom is -0.378 e. The van der Waals surface area contributed by atoms with Crippen molar-refractivity contribution in [2.24, 2.45) is 0 Å². The largest absolute Gasteiger partial charge is 0.378 e. The quantitative estimate of drug-likeness (QED) is 0.548. The number of fused-ring (bicyclic) bond motifs is 1. The SMILES string of the molecule is CCS(=O)(=O)Nc1ccc2c(c1)/C(=C(/c1ccccc1)c1ccc(N(C)C)cc1)C(=O)N2. The lowest BCUT2D eigenvalue weighted by Crippen LogP contribution is -2.14. The lowest BCUT2D eigenvalue weighted by molar-refractivity contribution is -0.110. The Morgan fingerprint density at radius 3 is 2.22 bits per heavy atom. The maximum absolute atomic E-state index is 13.1. The van der Waals surface area contributed by atoms with E-state index in [1.54, 1.807) is 25.1 Å². The summed E-state index contributed by atoms with van der Waals surface area (Å²) in [6.45, 7) is 1.58. The summed E-state index contributed by atoms with van der Waals surface area (Å²) in [4.78, 5) is 15.1. The number of hydrogen-bond acceptors (Lipinski definition) is 4. The fraction of sp³-hybridized carbons (Fsp3) is 0.160. The molecular formula is C25H25N3O3S. The van der Waals surface area contributed by atoms with Crippen LogP contribution in [0.1, 0.15) is 23.6 Å². The molecule has 164 valence electrons. The van der Waals surface area contributed by atoms with E-state index in [0.717, 1.165) is 22.4 Å². The molecule has 7 heteroatoms. The van der Waals surface area contributed by atoms with E-state index in [-0.39, 0.29) is 11.7 Å². The number of benzene rings is 3. The van der Waals surface area contributed by atoms with Gasteiger partial charge in [0.25, 0.3) is 5.91 Å². The first-order valence-corrected chi connectivity index (χ1v) is 12.0. The molecule has 0 spiro atoms. The fourth-order valence-corrected chi connectivity index (χ4v) is 4.35. The number of anilines is 3. The number of carbonyl (C=O) groups is 1. The molecule has 1 aliphatic heterocycles. The highest BCUT2D eigenvalue weighted by molar-refractivity contribution is 7.92. The number of carbonyl (C=O) groups excluding carboxylic acids is 1. The maximum Gasteiger partial charge on any atom is 0.257 e. The summed E-state index contributed by atoms with van der Waals surface area (Å²) >= 11 is 0. The van der Waals surface area contributed by atoms with Crippen molar-refractivity contribution < 1.29 is 13.2 Å². The zero-order chi connectivity index (χ0) is 22.9. The lowest BCUT2D eigenvalue weighted by atomic mass is 9.90. The third kappa shape index (κ3) is 4.24. The van der Waals surface area contributed by atoms with E-state index in [2.05, 4.69) is 10.0 Å².